The lowest BCUT2D eigenvalue weighted by Gasteiger charge is -2.29. The molecule has 25 nitrogen and oxygen atoms in total. The van der Waals surface area contributed by atoms with Crippen molar-refractivity contribution in [3.8, 4) is 0 Å². The van der Waals surface area contributed by atoms with E-state index in [0.717, 1.165) is 10.5 Å². The summed E-state index contributed by atoms with van der Waals surface area (Å²) in [7, 11) is 1.42. The number of carbonyl (C=O) groups is 11. The van der Waals surface area contributed by atoms with E-state index in [1.54, 1.807) is 75.4 Å². The quantitative estimate of drug-likeness (QED) is 0.00862. The van der Waals surface area contributed by atoms with Crippen molar-refractivity contribution in [2.45, 2.75) is 157 Å². The van der Waals surface area contributed by atoms with Gasteiger partial charge in [-0.15, -0.1) is 0 Å². The lowest BCUT2D eigenvalue weighted by Crippen LogP contribution is -2.54. The molecule has 89 heavy (non-hydrogen) atoms. The number of methoxy groups -OCH3 is 1. The average Bonchev–Trinajstić information content (AvgIpc) is 4.00. The fourth-order valence-corrected chi connectivity index (χ4v) is 8.84. The molecule has 2 aliphatic heterocycles. The summed E-state index contributed by atoms with van der Waals surface area (Å²) in [4.78, 5) is 140. The Bertz CT molecular complexity index is 2820. The number of carbonyl (C=O) groups excluding carboxylic acids is 11. The van der Waals surface area contributed by atoms with Crippen molar-refractivity contribution in [3.63, 3.8) is 0 Å². The number of hydrogen-bond acceptors (Lipinski definition) is 15. The van der Waals surface area contributed by atoms with Crippen LogP contribution in [-0.4, -0.2) is 134 Å². The molecule has 1 unspecified atom stereocenters. The van der Waals surface area contributed by atoms with Crippen molar-refractivity contribution in [2.24, 2.45) is 23.0 Å². The normalized spacial score (nSPS) is 16.2. The van der Waals surface area contributed by atoms with Crippen LogP contribution in [0.4, 0.5) is 20.1 Å². The second-order valence-electron chi connectivity index (χ2n) is 22.7. The standard InChI is InChI=1S/C63H89ClN10O15/c1-40(2)54(72-50(75)21-11-10-14-37-74-52(77)31-32-53(74)78)57(80)71-47(20-16-34-67-60(65)83)56(79)70-45-26-24-44(25-27-45)39-87-61(84)68-35-17-36-69-62(85)88-46(28-23-43(5)64)19-15-33-66-58(81)55(63(6,7)8)73-51(76)22-13-12-18-41(3)38-42(4)48-29-30-49(86-9)59(82)89-48/h12-13,15,18,22-27,30-33,38,40,42,46-48,54-55H,10-11,14,16-17,19-21,28-29,34-37,39H2,1-9H3,(H,66,81)(H,68,84)(H,69,85)(H,70,79)(H,71,80)(H,72,75)(H,73,76)(H3,65,67,83)/b18-12-,22-13-,33-15-,41-38+,43-23+/t42-,46+,47-,48?,54-,55+/m0/s1. The number of unbranched alkanes of at least 4 members (excludes halogenated alkanes) is 2. The fraction of sp³-hybridized carbons (Fsp3) is 0.508. The first-order chi connectivity index (χ1) is 42.2. The van der Waals surface area contributed by atoms with Gasteiger partial charge in [-0.3, -0.25) is 38.5 Å². The molecule has 1 aromatic rings. The van der Waals surface area contributed by atoms with Crippen LogP contribution in [0.5, 0.6) is 0 Å². The molecular weight excluding hydrogens is 1170 g/mol. The van der Waals surface area contributed by atoms with Crippen LogP contribution in [0.15, 0.2) is 108 Å². The molecule has 11 amide bonds. The summed E-state index contributed by atoms with van der Waals surface area (Å²) in [6.45, 7) is 15.0. The molecule has 26 heteroatoms. The van der Waals surface area contributed by atoms with Gasteiger partial charge < -0.3 is 67.2 Å². The summed E-state index contributed by atoms with van der Waals surface area (Å²) < 4.78 is 21.5. The van der Waals surface area contributed by atoms with Crippen molar-refractivity contribution < 1.29 is 71.7 Å². The van der Waals surface area contributed by atoms with Gasteiger partial charge in [0.25, 0.3) is 11.8 Å². The van der Waals surface area contributed by atoms with E-state index >= 15 is 0 Å². The van der Waals surface area contributed by atoms with Crippen LogP contribution >= 0.6 is 11.6 Å². The number of primary amides is 1. The maximum absolute atomic E-state index is 13.6. The van der Waals surface area contributed by atoms with E-state index in [0.29, 0.717) is 48.4 Å². The van der Waals surface area contributed by atoms with Crippen LogP contribution < -0.4 is 48.3 Å². The van der Waals surface area contributed by atoms with Crippen LogP contribution in [0.25, 0.3) is 0 Å². The summed E-state index contributed by atoms with van der Waals surface area (Å²) in [6, 6.07) is 2.71. The minimum absolute atomic E-state index is 0.0685. The third-order valence-electron chi connectivity index (χ3n) is 13.7. The predicted octanol–water partition coefficient (Wildman–Crippen LogP) is 6.52. The van der Waals surface area contributed by atoms with Crippen molar-refractivity contribution in [1.82, 2.24) is 42.1 Å². The van der Waals surface area contributed by atoms with Gasteiger partial charge in [0.15, 0.2) is 5.76 Å². The molecule has 1 aromatic carbocycles. The second kappa shape index (κ2) is 39.2. The highest BCUT2D eigenvalue weighted by atomic mass is 35.5. The molecule has 10 N–H and O–H groups in total. The van der Waals surface area contributed by atoms with E-state index < -0.39 is 77.5 Å². The number of rotatable bonds is 36. The Morgan fingerprint density at radius 3 is 2.09 bits per heavy atom. The van der Waals surface area contributed by atoms with E-state index in [2.05, 4.69) is 42.5 Å². The topological polar surface area (TPSA) is 350 Å². The SMILES string of the molecule is COC1=CCC([C@@H](C)/C=C(C)/C=C\C=C/C(=O)N[C@H](C(=O)N/C=C\C[C@H](C/C=C(\C)Cl)OC(=O)NCCCNC(=O)OCc2ccc(NC(=O)[C@H](CCCNC(N)=O)NC(=O)[C@@H](NC(=O)CCCCCN3C(=O)C=CC3=O)C(C)C)cc2)C(C)(C)C)OC1=O. The van der Waals surface area contributed by atoms with E-state index in [4.69, 9.17) is 36.3 Å². The minimum Gasteiger partial charge on any atom is -0.490 e. The first-order valence-corrected chi connectivity index (χ1v) is 30.0. The predicted molar refractivity (Wildman–Crippen MR) is 334 cm³/mol. The third kappa shape index (κ3) is 29.7. The summed E-state index contributed by atoms with van der Waals surface area (Å²) in [6.07, 6.45) is 18.1. The number of allylic oxidation sites excluding steroid dienone is 5. The van der Waals surface area contributed by atoms with Gasteiger partial charge in [0.05, 0.1) is 7.11 Å². The highest BCUT2D eigenvalue weighted by Gasteiger charge is 2.33. The highest BCUT2D eigenvalue weighted by Crippen LogP contribution is 2.24. The number of anilines is 1. The molecular formula is C63H89ClN10O15. The molecule has 0 saturated carbocycles. The molecule has 2 heterocycles. The molecule has 0 aromatic heterocycles. The van der Waals surface area contributed by atoms with Crippen LogP contribution in [0.3, 0.4) is 0 Å². The van der Waals surface area contributed by atoms with Gasteiger partial charge in [-0.1, -0.05) is 114 Å². The van der Waals surface area contributed by atoms with Crippen molar-refractivity contribution >= 4 is 82.8 Å². The second-order valence-corrected chi connectivity index (χ2v) is 23.3. The fourth-order valence-electron chi connectivity index (χ4n) is 8.75. The van der Waals surface area contributed by atoms with Gasteiger partial charge in [0.1, 0.15) is 36.9 Å². The number of ether oxygens (including phenoxy) is 4. The Balaban J connectivity index is 1.42. The first kappa shape index (κ1) is 74.5. The number of urea groups is 1. The lowest BCUT2D eigenvalue weighted by molar-refractivity contribution is -0.151. The Labute approximate surface area is 525 Å². The van der Waals surface area contributed by atoms with Crippen LogP contribution in [0, 0.1) is 17.3 Å². The maximum Gasteiger partial charge on any atom is 0.407 e. The molecule has 0 aliphatic carbocycles. The Morgan fingerprint density at radius 2 is 1.46 bits per heavy atom. The number of nitrogens with one attached hydrogen (secondary N) is 8. The molecule has 2 aliphatic rings. The minimum atomic E-state index is -1.08. The van der Waals surface area contributed by atoms with Gasteiger partial charge in [-0.25, -0.2) is 19.2 Å². The number of alkyl carbamates (subject to hydrolysis) is 2. The molecule has 0 saturated heterocycles. The van der Waals surface area contributed by atoms with Crippen LogP contribution in [-0.2, 0) is 63.9 Å². The Morgan fingerprint density at radius 1 is 0.798 bits per heavy atom. The summed E-state index contributed by atoms with van der Waals surface area (Å²) in [5.41, 5.74) is 6.38. The number of nitrogens with two attached hydrogens (primary N) is 1. The molecule has 0 fully saturated rings. The van der Waals surface area contributed by atoms with E-state index in [1.165, 1.54) is 31.5 Å². The lowest BCUT2D eigenvalue weighted by atomic mass is 9.86. The Kier molecular flexibility index (Phi) is 32.8. The van der Waals surface area contributed by atoms with Gasteiger partial charge in [0, 0.05) is 86.7 Å². The van der Waals surface area contributed by atoms with Crippen molar-refractivity contribution in [3.05, 3.63) is 113 Å². The molecule has 0 bridgehead atoms. The molecule has 488 valence electrons. The third-order valence-corrected chi connectivity index (χ3v) is 13.8. The molecule has 0 spiro atoms. The number of cyclic esters (lactones) is 1. The zero-order valence-corrected chi connectivity index (χ0v) is 53.1. The number of esters is 1. The zero-order chi connectivity index (χ0) is 66.1. The molecule has 6 atom stereocenters. The number of imide groups is 1. The van der Waals surface area contributed by atoms with Gasteiger partial charge in [-0.2, -0.15) is 0 Å². The van der Waals surface area contributed by atoms with E-state index in [9.17, 15) is 52.7 Å². The molecule has 3 rings (SSSR count). The van der Waals surface area contributed by atoms with Crippen LogP contribution in [0.2, 0.25) is 0 Å². The summed E-state index contributed by atoms with van der Waals surface area (Å²) in [5.74, 6) is -3.95. The number of hydrogen-bond donors (Lipinski definition) is 9. The Hall–Kier alpha value is -8.74. The number of halogens is 1. The number of benzene rings is 1. The zero-order valence-electron chi connectivity index (χ0n) is 52.3. The van der Waals surface area contributed by atoms with Crippen molar-refractivity contribution in [1.29, 1.82) is 0 Å². The largest absolute Gasteiger partial charge is 0.490 e. The summed E-state index contributed by atoms with van der Waals surface area (Å²) >= 11 is 6.08. The van der Waals surface area contributed by atoms with E-state index in [1.807, 2.05) is 46.8 Å². The first-order valence-electron chi connectivity index (χ1n) is 29.6. The van der Waals surface area contributed by atoms with Crippen LogP contribution in [0.1, 0.15) is 125 Å². The van der Waals surface area contributed by atoms with E-state index in [-0.39, 0.29) is 106 Å². The number of nitrogens with zero attached hydrogens (tertiary/aromatic N) is 1. The summed E-state index contributed by atoms with van der Waals surface area (Å²) in [5, 5.41) is 21.9. The maximum atomic E-state index is 13.6. The monoisotopic (exact) mass is 1260 g/mol. The van der Waals surface area contributed by atoms with Gasteiger partial charge in [-0.05, 0) is 87.3 Å². The molecule has 0 radical (unpaired) electrons. The smallest absolute Gasteiger partial charge is 0.407 e. The van der Waals surface area contributed by atoms with Gasteiger partial charge in [0.2, 0.25) is 29.5 Å². The highest BCUT2D eigenvalue weighted by molar-refractivity contribution is 6.29. The average molecular weight is 1260 g/mol. The van der Waals surface area contributed by atoms with Crippen molar-refractivity contribution in [2.75, 3.05) is 38.6 Å². The number of amides is 11. The van der Waals surface area contributed by atoms with Gasteiger partial charge >= 0.3 is 24.2 Å².